The molecule has 0 spiro atoms. The number of hydrogen-bond donors (Lipinski definition) is 1. The second-order valence-electron chi connectivity index (χ2n) is 7.22. The van der Waals surface area contributed by atoms with Gasteiger partial charge in [0.15, 0.2) is 0 Å². The SMILES string of the molecule is C[Si](C)(C)NC(c1ccccc1)(c1ccccc1)c1ccccc1. The molecule has 0 bridgehead atoms. The van der Waals surface area contributed by atoms with Crippen LogP contribution in [0.15, 0.2) is 91.0 Å². The maximum atomic E-state index is 4.06. The Morgan fingerprint density at radius 3 is 1.08 bits per heavy atom. The van der Waals surface area contributed by atoms with Crippen LogP contribution >= 0.6 is 0 Å². The molecule has 0 aromatic heterocycles. The number of benzene rings is 3. The second kappa shape index (κ2) is 6.76. The van der Waals surface area contributed by atoms with Gasteiger partial charge in [0, 0.05) is 0 Å². The van der Waals surface area contributed by atoms with Crippen LogP contribution in [0, 0.1) is 0 Å². The summed E-state index contributed by atoms with van der Waals surface area (Å²) in [6.07, 6.45) is 0. The maximum absolute atomic E-state index is 4.06. The van der Waals surface area contributed by atoms with Crippen LogP contribution in [-0.2, 0) is 5.54 Å². The van der Waals surface area contributed by atoms with Crippen molar-refractivity contribution in [2.45, 2.75) is 25.2 Å². The summed E-state index contributed by atoms with van der Waals surface area (Å²) in [6, 6.07) is 32.4. The van der Waals surface area contributed by atoms with Crippen molar-refractivity contribution in [3.05, 3.63) is 108 Å². The molecule has 0 heterocycles. The summed E-state index contributed by atoms with van der Waals surface area (Å²) in [4.78, 5) is 4.06. The highest BCUT2D eigenvalue weighted by Crippen LogP contribution is 2.37. The molecule has 0 aliphatic rings. The lowest BCUT2D eigenvalue weighted by molar-refractivity contribution is 0.576. The van der Waals surface area contributed by atoms with E-state index in [1.807, 2.05) is 0 Å². The Morgan fingerprint density at radius 2 is 0.833 bits per heavy atom. The highest BCUT2D eigenvalue weighted by atomic mass is 28.3. The largest absolute Gasteiger partial charge is 0.321 e. The van der Waals surface area contributed by atoms with Crippen molar-refractivity contribution in [2.24, 2.45) is 0 Å². The molecule has 0 radical (unpaired) electrons. The van der Waals surface area contributed by atoms with Crippen LogP contribution in [0.25, 0.3) is 0 Å². The molecule has 1 nitrogen and oxygen atoms in total. The van der Waals surface area contributed by atoms with E-state index in [9.17, 15) is 0 Å². The first-order valence-corrected chi connectivity index (χ1v) is 12.0. The molecular formula is C22H25NSi. The first kappa shape index (κ1) is 16.7. The Hall–Kier alpha value is -2.16. The van der Waals surface area contributed by atoms with E-state index in [1.54, 1.807) is 0 Å². The van der Waals surface area contributed by atoms with Crippen molar-refractivity contribution in [2.75, 3.05) is 0 Å². The highest BCUT2D eigenvalue weighted by Gasteiger charge is 2.39. The minimum atomic E-state index is -1.59. The fourth-order valence-electron chi connectivity index (χ4n) is 3.34. The zero-order valence-corrected chi connectivity index (χ0v) is 15.7. The Bertz CT molecular complexity index is 665. The van der Waals surface area contributed by atoms with Crippen LogP contribution in [0.4, 0.5) is 0 Å². The van der Waals surface area contributed by atoms with E-state index in [0.717, 1.165) is 0 Å². The molecule has 0 unspecified atom stereocenters. The standard InChI is InChI=1S/C22H25NSi/c1-24(2,3)23-22(19-13-7-4-8-14-19,20-15-9-5-10-16-20)21-17-11-6-12-18-21/h4-18,23H,1-3H3. The molecule has 1 N–H and O–H groups in total. The minimum absolute atomic E-state index is 0.325. The molecule has 122 valence electrons. The second-order valence-corrected chi connectivity index (χ2v) is 12.0. The van der Waals surface area contributed by atoms with Gasteiger partial charge in [-0.25, -0.2) is 0 Å². The third kappa shape index (κ3) is 3.35. The summed E-state index contributed by atoms with van der Waals surface area (Å²) in [6.45, 7) is 7.07. The van der Waals surface area contributed by atoms with Gasteiger partial charge < -0.3 is 4.98 Å². The molecule has 0 amide bonds. The molecule has 0 fully saturated rings. The first-order valence-electron chi connectivity index (χ1n) is 8.48. The van der Waals surface area contributed by atoms with E-state index in [0.29, 0.717) is 0 Å². The molecule has 3 rings (SSSR count). The Kier molecular flexibility index (Phi) is 4.70. The summed E-state index contributed by atoms with van der Waals surface area (Å²) < 4.78 is 0. The average Bonchev–Trinajstić information content (AvgIpc) is 2.61. The predicted molar refractivity (Wildman–Crippen MR) is 106 cm³/mol. The quantitative estimate of drug-likeness (QED) is 0.487. The van der Waals surface area contributed by atoms with Gasteiger partial charge in [0.25, 0.3) is 0 Å². The molecule has 0 atom stereocenters. The van der Waals surface area contributed by atoms with E-state index in [4.69, 9.17) is 0 Å². The smallest absolute Gasteiger partial charge is 0.117 e. The molecule has 24 heavy (non-hydrogen) atoms. The lowest BCUT2D eigenvalue weighted by atomic mass is 9.78. The zero-order valence-electron chi connectivity index (χ0n) is 14.7. The summed E-state index contributed by atoms with van der Waals surface area (Å²) in [5, 5.41) is 0. The van der Waals surface area contributed by atoms with E-state index < -0.39 is 8.24 Å². The van der Waals surface area contributed by atoms with Crippen molar-refractivity contribution < 1.29 is 0 Å². The van der Waals surface area contributed by atoms with E-state index in [1.165, 1.54) is 16.7 Å². The maximum Gasteiger partial charge on any atom is 0.117 e. The van der Waals surface area contributed by atoms with Gasteiger partial charge in [-0.15, -0.1) is 0 Å². The van der Waals surface area contributed by atoms with E-state index >= 15 is 0 Å². The van der Waals surface area contributed by atoms with Crippen molar-refractivity contribution in [3.63, 3.8) is 0 Å². The topological polar surface area (TPSA) is 12.0 Å². The van der Waals surface area contributed by atoms with E-state index in [2.05, 4.69) is 116 Å². The van der Waals surface area contributed by atoms with E-state index in [-0.39, 0.29) is 5.54 Å². The van der Waals surface area contributed by atoms with Gasteiger partial charge >= 0.3 is 0 Å². The number of nitrogens with one attached hydrogen (secondary N) is 1. The van der Waals surface area contributed by atoms with Gasteiger partial charge in [-0.05, 0) is 16.7 Å². The van der Waals surface area contributed by atoms with Crippen molar-refractivity contribution in [1.29, 1.82) is 0 Å². The van der Waals surface area contributed by atoms with Crippen molar-refractivity contribution in [1.82, 2.24) is 4.98 Å². The summed E-state index contributed by atoms with van der Waals surface area (Å²) in [5.74, 6) is 0. The molecule has 0 aliphatic heterocycles. The van der Waals surface area contributed by atoms with Crippen LogP contribution in [0.5, 0.6) is 0 Å². The molecule has 2 heteroatoms. The summed E-state index contributed by atoms with van der Waals surface area (Å²) in [5.41, 5.74) is 3.52. The Balaban J connectivity index is 2.33. The lowest BCUT2D eigenvalue weighted by Crippen LogP contribution is -2.56. The molecule has 0 saturated carbocycles. The first-order chi connectivity index (χ1) is 11.5. The monoisotopic (exact) mass is 331 g/mol. The van der Waals surface area contributed by atoms with Gasteiger partial charge in [-0.1, -0.05) is 111 Å². The van der Waals surface area contributed by atoms with Gasteiger partial charge in [-0.3, -0.25) is 0 Å². The van der Waals surface area contributed by atoms with Gasteiger partial charge in [0.05, 0.1) is 5.54 Å². The summed E-state index contributed by atoms with van der Waals surface area (Å²) in [7, 11) is -1.59. The molecule has 0 saturated heterocycles. The summed E-state index contributed by atoms with van der Waals surface area (Å²) >= 11 is 0. The Labute approximate surface area is 146 Å². The van der Waals surface area contributed by atoms with Crippen LogP contribution in [0.3, 0.4) is 0 Å². The normalized spacial score (nSPS) is 12.1. The van der Waals surface area contributed by atoms with Crippen LogP contribution < -0.4 is 4.98 Å². The molecule has 3 aromatic rings. The van der Waals surface area contributed by atoms with Gasteiger partial charge in [-0.2, -0.15) is 0 Å². The zero-order chi connectivity index (χ0) is 17.0. The van der Waals surface area contributed by atoms with Crippen LogP contribution in [0.1, 0.15) is 16.7 Å². The van der Waals surface area contributed by atoms with Crippen LogP contribution in [0.2, 0.25) is 19.6 Å². The molecule has 0 aliphatic carbocycles. The highest BCUT2D eigenvalue weighted by molar-refractivity contribution is 6.73. The minimum Gasteiger partial charge on any atom is -0.321 e. The average molecular weight is 332 g/mol. The lowest BCUT2D eigenvalue weighted by Gasteiger charge is -2.41. The van der Waals surface area contributed by atoms with Crippen molar-refractivity contribution >= 4 is 8.24 Å². The van der Waals surface area contributed by atoms with Gasteiger partial charge in [0.2, 0.25) is 0 Å². The fourth-order valence-corrected chi connectivity index (χ4v) is 4.90. The Morgan fingerprint density at radius 1 is 0.542 bits per heavy atom. The fraction of sp³-hybridized carbons (Fsp3) is 0.182. The predicted octanol–water partition coefficient (Wildman–Crippen LogP) is 5.40. The third-order valence-electron chi connectivity index (χ3n) is 4.18. The molecular weight excluding hydrogens is 306 g/mol. The number of hydrogen-bond acceptors (Lipinski definition) is 1. The number of rotatable bonds is 5. The van der Waals surface area contributed by atoms with Crippen LogP contribution in [-0.4, -0.2) is 8.24 Å². The van der Waals surface area contributed by atoms with Gasteiger partial charge in [0.1, 0.15) is 8.24 Å². The van der Waals surface area contributed by atoms with Crippen molar-refractivity contribution in [3.8, 4) is 0 Å². The third-order valence-corrected chi connectivity index (χ3v) is 5.31. The molecule has 3 aromatic carbocycles.